The van der Waals surface area contributed by atoms with Crippen molar-refractivity contribution in [3.63, 3.8) is 0 Å². The van der Waals surface area contributed by atoms with E-state index in [1.807, 2.05) is 0 Å². The van der Waals surface area contributed by atoms with E-state index < -0.39 is 0 Å². The number of hydrogen-bond donors (Lipinski definition) is 0. The molecule has 0 aromatic heterocycles. The maximum Gasteiger partial charge on any atom is 0.0839 e. The normalized spacial score (nSPS) is 19.0. The number of benzene rings is 2. The molecule has 0 bridgehead atoms. The smallest absolute Gasteiger partial charge is 0.0839 e. The summed E-state index contributed by atoms with van der Waals surface area (Å²) < 4.78 is 0. The summed E-state index contributed by atoms with van der Waals surface area (Å²) in [5, 5.41) is 0. The maximum atomic E-state index is 2.51. The molecule has 116 valence electrons. The molecule has 0 fully saturated rings. The fourth-order valence-corrected chi connectivity index (χ4v) is 3.44. The third-order valence-electron chi connectivity index (χ3n) is 5.04. The van der Waals surface area contributed by atoms with Crippen LogP contribution < -0.4 is 4.90 Å². The average molecular weight is 294 g/mol. The van der Waals surface area contributed by atoms with E-state index in [4.69, 9.17) is 0 Å². The van der Waals surface area contributed by atoms with E-state index in [-0.39, 0.29) is 0 Å². The standard InChI is InChI=1S/C20H26N2/c1-14-12-15(2)16(3)20(13-14)22-17(4)21(5)11-10-18-8-6-7-9-19(18)22/h6-9,12-13,17H,10-11H2,1-5H3/t17-/m0/s1. The lowest BCUT2D eigenvalue weighted by atomic mass is 10.0. The number of aryl methyl sites for hydroxylation is 2. The quantitative estimate of drug-likeness (QED) is 0.759. The predicted octanol–water partition coefficient (Wildman–Crippen LogP) is 4.58. The Morgan fingerprint density at radius 2 is 1.73 bits per heavy atom. The van der Waals surface area contributed by atoms with Gasteiger partial charge in [-0.15, -0.1) is 0 Å². The topological polar surface area (TPSA) is 6.48 Å². The summed E-state index contributed by atoms with van der Waals surface area (Å²) in [7, 11) is 2.22. The maximum absolute atomic E-state index is 2.51. The van der Waals surface area contributed by atoms with Crippen molar-refractivity contribution in [2.45, 2.75) is 40.3 Å². The Labute approximate surface area is 134 Å². The molecule has 0 N–H and O–H groups in total. The molecular weight excluding hydrogens is 268 g/mol. The number of rotatable bonds is 1. The first-order valence-electron chi connectivity index (χ1n) is 8.14. The van der Waals surface area contributed by atoms with Crippen molar-refractivity contribution in [3.05, 3.63) is 58.7 Å². The van der Waals surface area contributed by atoms with Gasteiger partial charge in [0, 0.05) is 17.9 Å². The molecule has 1 heterocycles. The fourth-order valence-electron chi connectivity index (χ4n) is 3.44. The number of fused-ring (bicyclic) bond motifs is 1. The number of likely N-dealkylation sites (N-methyl/N-ethyl adjacent to an activating group) is 1. The minimum absolute atomic E-state index is 0.351. The van der Waals surface area contributed by atoms with Crippen LogP contribution in [0.15, 0.2) is 36.4 Å². The molecule has 0 saturated carbocycles. The minimum Gasteiger partial charge on any atom is -0.325 e. The first-order valence-corrected chi connectivity index (χ1v) is 8.14. The van der Waals surface area contributed by atoms with Crippen LogP contribution in [0.3, 0.4) is 0 Å². The van der Waals surface area contributed by atoms with Gasteiger partial charge in [-0.05, 0) is 75.5 Å². The van der Waals surface area contributed by atoms with Crippen LogP contribution in [0.25, 0.3) is 0 Å². The van der Waals surface area contributed by atoms with Crippen LogP contribution in [0.2, 0.25) is 0 Å². The molecule has 2 nitrogen and oxygen atoms in total. The van der Waals surface area contributed by atoms with Gasteiger partial charge in [0.2, 0.25) is 0 Å². The molecule has 1 atom stereocenters. The second-order valence-electron chi connectivity index (χ2n) is 6.59. The summed E-state index contributed by atoms with van der Waals surface area (Å²) in [5.74, 6) is 0. The highest BCUT2D eigenvalue weighted by atomic mass is 15.3. The van der Waals surface area contributed by atoms with Gasteiger partial charge in [-0.25, -0.2) is 0 Å². The Morgan fingerprint density at radius 1 is 1.00 bits per heavy atom. The first kappa shape index (κ1) is 15.1. The Bertz CT molecular complexity index is 690. The van der Waals surface area contributed by atoms with Crippen LogP contribution in [-0.2, 0) is 6.42 Å². The Hall–Kier alpha value is -1.80. The zero-order chi connectivity index (χ0) is 15.9. The Balaban J connectivity index is 2.22. The van der Waals surface area contributed by atoms with Crippen LogP contribution in [0.5, 0.6) is 0 Å². The van der Waals surface area contributed by atoms with Gasteiger partial charge in [0.05, 0.1) is 6.17 Å². The SMILES string of the molecule is Cc1cc(C)c(C)c(N2c3ccccc3CCN(C)[C@@H]2C)c1. The zero-order valence-electron chi connectivity index (χ0n) is 14.4. The molecule has 0 saturated heterocycles. The van der Waals surface area contributed by atoms with Gasteiger partial charge in [-0.3, -0.25) is 4.90 Å². The summed E-state index contributed by atoms with van der Waals surface area (Å²) in [6.07, 6.45) is 1.46. The van der Waals surface area contributed by atoms with Gasteiger partial charge >= 0.3 is 0 Å². The van der Waals surface area contributed by atoms with E-state index in [0.717, 1.165) is 13.0 Å². The molecule has 3 rings (SSSR count). The summed E-state index contributed by atoms with van der Waals surface area (Å²) >= 11 is 0. The van der Waals surface area contributed by atoms with E-state index in [9.17, 15) is 0 Å². The largest absolute Gasteiger partial charge is 0.325 e. The van der Waals surface area contributed by atoms with E-state index in [1.54, 1.807) is 0 Å². The highest BCUT2D eigenvalue weighted by Gasteiger charge is 2.27. The highest BCUT2D eigenvalue weighted by Crippen LogP contribution is 2.37. The van der Waals surface area contributed by atoms with Crippen LogP contribution in [0.4, 0.5) is 11.4 Å². The minimum atomic E-state index is 0.351. The number of para-hydroxylation sites is 1. The van der Waals surface area contributed by atoms with Crippen molar-refractivity contribution in [1.82, 2.24) is 4.90 Å². The third-order valence-corrected chi connectivity index (χ3v) is 5.04. The molecule has 1 aliphatic heterocycles. The van der Waals surface area contributed by atoms with E-state index in [0.29, 0.717) is 6.17 Å². The second-order valence-corrected chi connectivity index (χ2v) is 6.59. The van der Waals surface area contributed by atoms with Crippen molar-refractivity contribution in [3.8, 4) is 0 Å². The van der Waals surface area contributed by atoms with Crippen molar-refractivity contribution in [1.29, 1.82) is 0 Å². The molecule has 2 heteroatoms. The molecule has 0 spiro atoms. The van der Waals surface area contributed by atoms with Crippen molar-refractivity contribution >= 4 is 11.4 Å². The van der Waals surface area contributed by atoms with Gasteiger partial charge in [-0.1, -0.05) is 24.3 Å². The van der Waals surface area contributed by atoms with E-state index >= 15 is 0 Å². The van der Waals surface area contributed by atoms with Gasteiger partial charge < -0.3 is 4.90 Å². The van der Waals surface area contributed by atoms with Crippen LogP contribution in [0.1, 0.15) is 29.2 Å². The van der Waals surface area contributed by atoms with E-state index in [2.05, 4.69) is 80.9 Å². The van der Waals surface area contributed by atoms with Crippen molar-refractivity contribution in [2.24, 2.45) is 0 Å². The number of nitrogens with zero attached hydrogens (tertiary/aromatic N) is 2. The summed E-state index contributed by atoms with van der Waals surface area (Å²) in [6, 6.07) is 13.4. The molecule has 22 heavy (non-hydrogen) atoms. The van der Waals surface area contributed by atoms with Crippen LogP contribution in [0, 0.1) is 20.8 Å². The van der Waals surface area contributed by atoms with Gasteiger partial charge in [-0.2, -0.15) is 0 Å². The fraction of sp³-hybridized carbons (Fsp3) is 0.400. The third kappa shape index (κ3) is 2.52. The molecule has 2 aromatic carbocycles. The average Bonchev–Trinajstić information content (AvgIpc) is 2.61. The van der Waals surface area contributed by atoms with Crippen LogP contribution in [-0.4, -0.2) is 24.7 Å². The van der Waals surface area contributed by atoms with Crippen LogP contribution >= 0.6 is 0 Å². The van der Waals surface area contributed by atoms with Gasteiger partial charge in [0.25, 0.3) is 0 Å². The van der Waals surface area contributed by atoms with Gasteiger partial charge in [0.1, 0.15) is 0 Å². The Morgan fingerprint density at radius 3 is 2.50 bits per heavy atom. The monoisotopic (exact) mass is 294 g/mol. The molecule has 0 unspecified atom stereocenters. The number of hydrogen-bond acceptors (Lipinski definition) is 2. The van der Waals surface area contributed by atoms with Crippen molar-refractivity contribution in [2.75, 3.05) is 18.5 Å². The molecule has 1 aliphatic rings. The summed E-state index contributed by atoms with van der Waals surface area (Å²) in [6.45, 7) is 10.0. The Kier molecular flexibility index (Phi) is 3.96. The lowest BCUT2D eigenvalue weighted by Crippen LogP contribution is -2.41. The molecule has 0 aliphatic carbocycles. The lowest BCUT2D eigenvalue weighted by Gasteiger charge is -2.36. The zero-order valence-corrected chi connectivity index (χ0v) is 14.4. The molecule has 0 amide bonds. The van der Waals surface area contributed by atoms with Crippen molar-refractivity contribution < 1.29 is 0 Å². The lowest BCUT2D eigenvalue weighted by molar-refractivity contribution is 0.271. The summed E-state index contributed by atoms with van der Waals surface area (Å²) in [5.41, 5.74) is 8.21. The van der Waals surface area contributed by atoms with Gasteiger partial charge in [0.15, 0.2) is 0 Å². The molecule has 0 radical (unpaired) electrons. The predicted molar refractivity (Wildman–Crippen MR) is 95.0 cm³/mol. The highest BCUT2D eigenvalue weighted by molar-refractivity contribution is 5.71. The molecular formula is C20H26N2. The van der Waals surface area contributed by atoms with E-state index in [1.165, 1.54) is 33.6 Å². The molecule has 2 aromatic rings. The number of anilines is 2. The first-order chi connectivity index (χ1) is 10.5. The summed E-state index contributed by atoms with van der Waals surface area (Å²) in [4.78, 5) is 4.95. The second kappa shape index (κ2) is 5.77.